The van der Waals surface area contributed by atoms with Crippen LogP contribution in [0.25, 0.3) is 5.69 Å². The Bertz CT molecular complexity index is 1310. The van der Waals surface area contributed by atoms with Gasteiger partial charge in [-0.3, -0.25) is 4.79 Å². The summed E-state index contributed by atoms with van der Waals surface area (Å²) >= 11 is 3.11. The Balaban J connectivity index is 1.38. The zero-order chi connectivity index (χ0) is 24.1. The number of thioether (sulfide) groups is 1. The number of aryl methyl sites for hydroxylation is 2. The topological polar surface area (TPSA) is 86.1 Å². The molecule has 174 valence electrons. The minimum atomic E-state index is -0.541. The molecule has 4 aromatic rings. The van der Waals surface area contributed by atoms with Gasteiger partial charge in [-0.25, -0.2) is 14.5 Å². The quantitative estimate of drug-likeness (QED) is 0.264. The van der Waals surface area contributed by atoms with Gasteiger partial charge in [0.05, 0.1) is 39.0 Å². The molecule has 0 aliphatic heterocycles. The van der Waals surface area contributed by atoms with Crippen LogP contribution in [0.3, 0.4) is 0 Å². The minimum Gasteiger partial charge on any atom is -0.452 e. The van der Waals surface area contributed by atoms with E-state index in [0.29, 0.717) is 22.7 Å². The van der Waals surface area contributed by atoms with E-state index < -0.39 is 18.5 Å². The standard InChI is InChI=1S/C25H24N4O3S2/c1-16-24(17(2)29(28-16)20-9-5-4-6-10-20)27-23(30)13-32-25(31)21-11-7-8-12-22(21)34-15-19-14-33-18(3)26-19/h4-12,14H,13,15H2,1-3H3,(H,27,30). The van der Waals surface area contributed by atoms with Crippen LogP contribution in [0, 0.1) is 20.8 Å². The first-order valence-electron chi connectivity index (χ1n) is 10.6. The van der Waals surface area contributed by atoms with Gasteiger partial charge in [-0.1, -0.05) is 30.3 Å². The van der Waals surface area contributed by atoms with E-state index >= 15 is 0 Å². The van der Waals surface area contributed by atoms with Gasteiger partial charge in [-0.2, -0.15) is 5.10 Å². The number of carbonyl (C=O) groups excluding carboxylic acids is 2. The van der Waals surface area contributed by atoms with E-state index in [-0.39, 0.29) is 0 Å². The maximum atomic E-state index is 12.7. The average molecular weight is 493 g/mol. The maximum absolute atomic E-state index is 12.7. The zero-order valence-electron chi connectivity index (χ0n) is 19.1. The molecule has 0 radical (unpaired) electrons. The van der Waals surface area contributed by atoms with Crippen molar-refractivity contribution in [2.75, 3.05) is 11.9 Å². The highest BCUT2D eigenvalue weighted by atomic mass is 32.2. The summed E-state index contributed by atoms with van der Waals surface area (Å²) < 4.78 is 7.10. The summed E-state index contributed by atoms with van der Waals surface area (Å²) in [6.07, 6.45) is 0. The monoisotopic (exact) mass is 492 g/mol. The highest BCUT2D eigenvalue weighted by Crippen LogP contribution is 2.27. The fraction of sp³-hybridized carbons (Fsp3) is 0.200. The Kier molecular flexibility index (Phi) is 7.44. The van der Waals surface area contributed by atoms with E-state index in [2.05, 4.69) is 15.4 Å². The van der Waals surface area contributed by atoms with Crippen LogP contribution in [0.2, 0.25) is 0 Å². The lowest BCUT2D eigenvalue weighted by molar-refractivity contribution is -0.119. The lowest BCUT2D eigenvalue weighted by atomic mass is 10.2. The molecule has 2 aromatic carbocycles. The van der Waals surface area contributed by atoms with Crippen LogP contribution in [0.5, 0.6) is 0 Å². The molecule has 2 aromatic heterocycles. The number of esters is 1. The SMILES string of the molecule is Cc1nc(CSc2ccccc2C(=O)OCC(=O)Nc2c(C)nn(-c3ccccc3)c2C)cs1. The van der Waals surface area contributed by atoms with Gasteiger partial charge in [0.2, 0.25) is 0 Å². The molecule has 9 heteroatoms. The van der Waals surface area contributed by atoms with Gasteiger partial charge in [0.25, 0.3) is 5.91 Å². The fourth-order valence-electron chi connectivity index (χ4n) is 3.42. The third-order valence-corrected chi connectivity index (χ3v) is 6.97. The second-order valence-electron chi connectivity index (χ2n) is 7.56. The van der Waals surface area contributed by atoms with Gasteiger partial charge in [0.15, 0.2) is 6.61 Å². The molecule has 1 amide bonds. The number of nitrogens with one attached hydrogen (secondary N) is 1. The second-order valence-corrected chi connectivity index (χ2v) is 9.64. The molecule has 0 atom stereocenters. The third kappa shape index (κ3) is 5.55. The van der Waals surface area contributed by atoms with Crippen LogP contribution in [0.15, 0.2) is 64.9 Å². The number of rotatable bonds is 8. The van der Waals surface area contributed by atoms with E-state index in [4.69, 9.17) is 4.74 Å². The number of hydrogen-bond acceptors (Lipinski definition) is 7. The Hall–Kier alpha value is -3.43. The van der Waals surface area contributed by atoms with E-state index in [1.807, 2.05) is 68.6 Å². The van der Waals surface area contributed by atoms with Crippen LogP contribution in [0.4, 0.5) is 5.69 Å². The molecule has 1 N–H and O–H groups in total. The van der Waals surface area contributed by atoms with Crippen molar-refractivity contribution in [1.29, 1.82) is 0 Å². The van der Waals surface area contributed by atoms with Gasteiger partial charge in [-0.05, 0) is 45.0 Å². The Labute approximate surface area is 206 Å². The van der Waals surface area contributed by atoms with Crippen molar-refractivity contribution in [2.45, 2.75) is 31.4 Å². The van der Waals surface area contributed by atoms with E-state index in [0.717, 1.165) is 27.0 Å². The normalized spacial score (nSPS) is 10.8. The number of aromatic nitrogens is 3. The largest absolute Gasteiger partial charge is 0.452 e. The first kappa shape index (κ1) is 23.7. The summed E-state index contributed by atoms with van der Waals surface area (Å²) in [4.78, 5) is 30.5. The predicted octanol–water partition coefficient (Wildman–Crippen LogP) is 5.34. The van der Waals surface area contributed by atoms with Crippen molar-refractivity contribution in [1.82, 2.24) is 14.8 Å². The first-order chi connectivity index (χ1) is 16.4. The van der Waals surface area contributed by atoms with Crippen molar-refractivity contribution in [3.8, 4) is 5.69 Å². The summed E-state index contributed by atoms with van der Waals surface area (Å²) in [6, 6.07) is 16.9. The number of hydrogen-bond donors (Lipinski definition) is 1. The van der Waals surface area contributed by atoms with Gasteiger partial charge < -0.3 is 10.1 Å². The molecule has 0 aliphatic carbocycles. The molecule has 4 rings (SSSR count). The van der Waals surface area contributed by atoms with Crippen LogP contribution < -0.4 is 5.32 Å². The molecular formula is C25H24N4O3S2. The number of para-hydroxylation sites is 1. The number of carbonyl (C=O) groups is 2. The molecule has 0 aliphatic rings. The number of anilines is 1. The number of ether oxygens (including phenoxy) is 1. The number of amides is 1. The smallest absolute Gasteiger partial charge is 0.339 e. The van der Waals surface area contributed by atoms with Crippen LogP contribution in [0.1, 0.15) is 32.4 Å². The molecule has 0 fully saturated rings. The van der Waals surface area contributed by atoms with E-state index in [9.17, 15) is 9.59 Å². The maximum Gasteiger partial charge on any atom is 0.339 e. The van der Waals surface area contributed by atoms with Crippen LogP contribution in [-0.2, 0) is 15.3 Å². The predicted molar refractivity (Wildman–Crippen MR) is 135 cm³/mol. The molecule has 0 saturated heterocycles. The summed E-state index contributed by atoms with van der Waals surface area (Å²) in [5.74, 6) is -0.310. The Morgan fingerprint density at radius 1 is 1.06 bits per heavy atom. The van der Waals surface area contributed by atoms with Crippen molar-refractivity contribution >= 4 is 40.7 Å². The molecule has 0 spiro atoms. The molecular weight excluding hydrogens is 468 g/mol. The molecule has 7 nitrogen and oxygen atoms in total. The molecule has 0 unspecified atom stereocenters. The van der Waals surface area contributed by atoms with Crippen molar-refractivity contribution in [3.63, 3.8) is 0 Å². The van der Waals surface area contributed by atoms with E-state index in [1.54, 1.807) is 28.2 Å². The molecule has 34 heavy (non-hydrogen) atoms. The summed E-state index contributed by atoms with van der Waals surface area (Å²) in [5.41, 5.74) is 4.38. The fourth-order valence-corrected chi connectivity index (χ4v) is 5.07. The lowest BCUT2D eigenvalue weighted by Crippen LogP contribution is -2.21. The van der Waals surface area contributed by atoms with Gasteiger partial charge >= 0.3 is 5.97 Å². The van der Waals surface area contributed by atoms with Crippen LogP contribution >= 0.6 is 23.1 Å². The number of benzene rings is 2. The first-order valence-corrected chi connectivity index (χ1v) is 12.5. The van der Waals surface area contributed by atoms with Crippen molar-refractivity contribution in [2.24, 2.45) is 0 Å². The van der Waals surface area contributed by atoms with Crippen LogP contribution in [-0.4, -0.2) is 33.2 Å². The Morgan fingerprint density at radius 2 is 1.79 bits per heavy atom. The highest BCUT2D eigenvalue weighted by Gasteiger charge is 2.18. The number of thiazole rings is 1. The summed E-state index contributed by atoms with van der Waals surface area (Å²) in [7, 11) is 0. The Morgan fingerprint density at radius 3 is 2.53 bits per heavy atom. The third-order valence-electron chi connectivity index (χ3n) is 5.04. The second kappa shape index (κ2) is 10.7. The van der Waals surface area contributed by atoms with E-state index in [1.165, 1.54) is 11.8 Å². The highest BCUT2D eigenvalue weighted by molar-refractivity contribution is 7.98. The number of nitrogens with zero attached hydrogens (tertiary/aromatic N) is 3. The summed E-state index contributed by atoms with van der Waals surface area (Å²) in [6.45, 7) is 5.28. The average Bonchev–Trinajstić information content (AvgIpc) is 3.39. The molecule has 0 bridgehead atoms. The summed E-state index contributed by atoms with van der Waals surface area (Å²) in [5, 5.41) is 10.4. The van der Waals surface area contributed by atoms with Gasteiger partial charge in [0, 0.05) is 16.0 Å². The molecule has 2 heterocycles. The van der Waals surface area contributed by atoms with Crippen molar-refractivity contribution < 1.29 is 14.3 Å². The van der Waals surface area contributed by atoms with Gasteiger partial charge in [0.1, 0.15) is 0 Å². The zero-order valence-corrected chi connectivity index (χ0v) is 20.7. The lowest BCUT2D eigenvalue weighted by Gasteiger charge is -2.10. The minimum absolute atomic E-state index is 0.390. The molecule has 0 saturated carbocycles. The van der Waals surface area contributed by atoms with Gasteiger partial charge in [-0.15, -0.1) is 23.1 Å². The van der Waals surface area contributed by atoms with Crippen molar-refractivity contribution in [3.05, 3.63) is 87.6 Å².